The Kier molecular flexibility index (Phi) is 46.4. The Morgan fingerprint density at radius 2 is 0.542 bits per heavy atom. The summed E-state index contributed by atoms with van der Waals surface area (Å²) in [6.45, 7) is 6.82. The average molecular weight is 836 g/mol. The van der Waals surface area contributed by atoms with E-state index in [2.05, 4.69) is 29.8 Å². The van der Waals surface area contributed by atoms with E-state index in [1.165, 1.54) is 154 Å². The molecule has 0 unspecified atom stereocenters. The molecule has 9 heteroatoms. The van der Waals surface area contributed by atoms with Crippen molar-refractivity contribution >= 4 is 24.0 Å². The molecule has 0 bridgehead atoms. The van der Waals surface area contributed by atoms with Gasteiger partial charge in [-0.05, 0) is 38.5 Å². The number of urea groups is 2. The molecule has 0 radical (unpaired) electrons. The molecular weight excluding hydrogens is 739 g/mol. The van der Waals surface area contributed by atoms with Gasteiger partial charge >= 0.3 is 24.0 Å². The lowest BCUT2D eigenvalue weighted by atomic mass is 10.1. The molecule has 0 atom stereocenters. The summed E-state index contributed by atoms with van der Waals surface area (Å²) in [6.07, 6.45) is 46.6. The molecule has 0 aliphatic rings. The molecule has 0 aromatic rings. The molecule has 0 saturated carbocycles. The SMILES string of the molecule is CCCCCCCCCCCCOC(=O)CCCCCCCCCCCNC(=O)NC(=O)NCCCCCCCCCCCC(=O)OCCCCCCCCCCCC. The Hall–Kier alpha value is -2.32. The monoisotopic (exact) mass is 836 g/mol. The van der Waals surface area contributed by atoms with E-state index in [1.807, 2.05) is 0 Å². The number of imide groups is 1. The molecule has 4 amide bonds. The van der Waals surface area contributed by atoms with Crippen molar-refractivity contribution in [3.05, 3.63) is 0 Å². The van der Waals surface area contributed by atoms with Gasteiger partial charge in [-0.1, -0.05) is 219 Å². The molecule has 59 heavy (non-hydrogen) atoms. The molecule has 0 saturated heterocycles. The molecule has 0 heterocycles. The molecule has 0 aromatic carbocycles. The number of esters is 2. The molecule has 3 N–H and O–H groups in total. The minimum Gasteiger partial charge on any atom is -0.466 e. The highest BCUT2D eigenvalue weighted by Crippen LogP contribution is 2.14. The smallest absolute Gasteiger partial charge is 0.322 e. The van der Waals surface area contributed by atoms with Crippen molar-refractivity contribution in [3.8, 4) is 0 Å². The summed E-state index contributed by atoms with van der Waals surface area (Å²) in [7, 11) is 0. The first kappa shape index (κ1) is 56.7. The van der Waals surface area contributed by atoms with Crippen LogP contribution in [-0.2, 0) is 19.1 Å². The Morgan fingerprint density at radius 3 is 0.831 bits per heavy atom. The highest BCUT2D eigenvalue weighted by Gasteiger charge is 2.07. The standard InChI is InChI=1S/C50H97N3O6/c1-3-5-7-9-11-13-21-27-33-39-45-58-47(54)41-35-29-23-17-15-19-25-31-37-43-51-49(56)53-50(57)52-44-38-32-26-20-16-18-24-30-36-42-48(55)59-46-40-34-28-22-14-12-10-8-6-4-2/h3-46H2,1-2H3,(H3,51,52,53,56,57). The van der Waals surface area contributed by atoms with Crippen molar-refractivity contribution in [1.29, 1.82) is 0 Å². The average Bonchev–Trinajstić information content (AvgIpc) is 3.22. The van der Waals surface area contributed by atoms with Gasteiger partial charge in [0.1, 0.15) is 0 Å². The van der Waals surface area contributed by atoms with Gasteiger partial charge in [-0.15, -0.1) is 0 Å². The van der Waals surface area contributed by atoms with Crippen LogP contribution < -0.4 is 16.0 Å². The second-order valence-corrected chi connectivity index (χ2v) is 17.3. The zero-order valence-corrected chi connectivity index (χ0v) is 39.1. The van der Waals surface area contributed by atoms with Crippen LogP contribution in [0.2, 0.25) is 0 Å². The van der Waals surface area contributed by atoms with E-state index in [-0.39, 0.29) is 11.9 Å². The molecule has 0 aliphatic carbocycles. The molecule has 0 aromatic heterocycles. The van der Waals surface area contributed by atoms with Crippen molar-refractivity contribution < 1.29 is 28.7 Å². The summed E-state index contributed by atoms with van der Waals surface area (Å²) >= 11 is 0. The first-order valence-electron chi connectivity index (χ1n) is 25.6. The van der Waals surface area contributed by atoms with Crippen LogP contribution in [0.5, 0.6) is 0 Å². The maximum Gasteiger partial charge on any atom is 0.322 e. The Labute approximate surface area is 364 Å². The fourth-order valence-corrected chi connectivity index (χ4v) is 7.55. The third-order valence-electron chi connectivity index (χ3n) is 11.4. The largest absolute Gasteiger partial charge is 0.466 e. The van der Waals surface area contributed by atoms with Gasteiger partial charge in [-0.2, -0.15) is 0 Å². The highest BCUT2D eigenvalue weighted by atomic mass is 16.5. The Bertz CT molecular complexity index is 860. The summed E-state index contributed by atoms with van der Waals surface area (Å²) in [5.41, 5.74) is 0. The zero-order chi connectivity index (χ0) is 43.0. The van der Waals surface area contributed by atoms with Crippen molar-refractivity contribution in [2.45, 2.75) is 271 Å². The van der Waals surface area contributed by atoms with Crippen LogP contribution in [0.25, 0.3) is 0 Å². The number of carbonyl (C=O) groups excluding carboxylic acids is 4. The fourth-order valence-electron chi connectivity index (χ4n) is 7.55. The van der Waals surface area contributed by atoms with E-state index < -0.39 is 12.1 Å². The van der Waals surface area contributed by atoms with Gasteiger partial charge in [0.25, 0.3) is 0 Å². The first-order valence-corrected chi connectivity index (χ1v) is 25.6. The molecule has 0 fully saturated rings. The van der Waals surface area contributed by atoms with Gasteiger partial charge in [-0.25, -0.2) is 9.59 Å². The quantitative estimate of drug-likeness (QED) is 0.0414. The van der Waals surface area contributed by atoms with E-state index in [0.29, 0.717) is 39.1 Å². The van der Waals surface area contributed by atoms with Gasteiger partial charge in [0.15, 0.2) is 0 Å². The third kappa shape index (κ3) is 48.2. The number of rotatable bonds is 46. The predicted molar refractivity (Wildman–Crippen MR) is 248 cm³/mol. The third-order valence-corrected chi connectivity index (χ3v) is 11.4. The maximum atomic E-state index is 12.0. The van der Waals surface area contributed by atoms with Gasteiger partial charge in [0, 0.05) is 25.9 Å². The maximum absolute atomic E-state index is 12.0. The molecule has 0 spiro atoms. The van der Waals surface area contributed by atoms with E-state index in [1.54, 1.807) is 0 Å². The first-order chi connectivity index (χ1) is 29.0. The molecule has 9 nitrogen and oxygen atoms in total. The van der Waals surface area contributed by atoms with Crippen LogP contribution in [-0.4, -0.2) is 50.3 Å². The zero-order valence-electron chi connectivity index (χ0n) is 39.1. The summed E-state index contributed by atoms with van der Waals surface area (Å²) < 4.78 is 10.8. The van der Waals surface area contributed by atoms with E-state index >= 15 is 0 Å². The topological polar surface area (TPSA) is 123 Å². The minimum absolute atomic E-state index is 0.0358. The second kappa shape index (κ2) is 48.3. The van der Waals surface area contributed by atoms with E-state index in [4.69, 9.17) is 9.47 Å². The van der Waals surface area contributed by atoms with Gasteiger partial charge < -0.3 is 20.1 Å². The van der Waals surface area contributed by atoms with Crippen LogP contribution >= 0.6 is 0 Å². The van der Waals surface area contributed by atoms with Gasteiger partial charge in [0.2, 0.25) is 0 Å². The number of hydrogen-bond acceptors (Lipinski definition) is 6. The molecular formula is C50H97N3O6. The van der Waals surface area contributed by atoms with Crippen molar-refractivity contribution in [1.82, 2.24) is 16.0 Å². The number of amides is 4. The van der Waals surface area contributed by atoms with Gasteiger partial charge in [0.05, 0.1) is 13.2 Å². The van der Waals surface area contributed by atoms with E-state index in [9.17, 15) is 19.2 Å². The molecule has 0 aliphatic heterocycles. The normalized spacial score (nSPS) is 11.1. The van der Waals surface area contributed by atoms with Crippen LogP contribution in [0.3, 0.4) is 0 Å². The number of carbonyl (C=O) groups is 4. The van der Waals surface area contributed by atoms with Crippen molar-refractivity contribution in [2.75, 3.05) is 26.3 Å². The van der Waals surface area contributed by atoms with Crippen LogP contribution in [0.4, 0.5) is 9.59 Å². The number of nitrogens with one attached hydrogen (secondary N) is 3. The summed E-state index contributed by atoms with van der Waals surface area (Å²) in [4.78, 5) is 47.9. The van der Waals surface area contributed by atoms with Crippen LogP contribution in [0.1, 0.15) is 271 Å². The number of unbranched alkanes of at least 4 members (excludes halogenated alkanes) is 34. The van der Waals surface area contributed by atoms with Crippen molar-refractivity contribution in [2.24, 2.45) is 0 Å². The molecule has 348 valence electrons. The summed E-state index contributed by atoms with van der Waals surface area (Å²) in [5.74, 6) is -0.0715. The highest BCUT2D eigenvalue weighted by molar-refractivity contribution is 5.93. The predicted octanol–water partition coefficient (Wildman–Crippen LogP) is 14.7. The minimum atomic E-state index is -0.438. The molecule has 0 rings (SSSR count). The van der Waals surface area contributed by atoms with Gasteiger partial charge in [-0.3, -0.25) is 14.9 Å². The Balaban J connectivity index is 3.35. The Morgan fingerprint density at radius 1 is 0.305 bits per heavy atom. The second-order valence-electron chi connectivity index (χ2n) is 17.3. The lowest BCUT2D eigenvalue weighted by molar-refractivity contribution is -0.144. The fraction of sp³-hybridized carbons (Fsp3) is 0.920. The van der Waals surface area contributed by atoms with Crippen LogP contribution in [0, 0.1) is 0 Å². The van der Waals surface area contributed by atoms with E-state index in [0.717, 1.165) is 89.9 Å². The summed E-state index contributed by atoms with van der Waals surface area (Å²) in [6, 6.07) is -0.877. The number of hydrogen-bond donors (Lipinski definition) is 3. The lowest BCUT2D eigenvalue weighted by Crippen LogP contribution is -2.45. The van der Waals surface area contributed by atoms with Crippen LogP contribution in [0.15, 0.2) is 0 Å². The number of ether oxygens (including phenoxy) is 2. The summed E-state index contributed by atoms with van der Waals surface area (Å²) in [5, 5.41) is 7.92. The van der Waals surface area contributed by atoms with Crippen molar-refractivity contribution in [3.63, 3.8) is 0 Å². The lowest BCUT2D eigenvalue weighted by Gasteiger charge is -2.08.